The van der Waals surface area contributed by atoms with Crippen molar-refractivity contribution in [3.63, 3.8) is 0 Å². The number of rotatable bonds is 4. The van der Waals surface area contributed by atoms with Gasteiger partial charge in [-0.1, -0.05) is 54.1 Å². The molecule has 126 valence electrons. The van der Waals surface area contributed by atoms with E-state index in [0.717, 1.165) is 29.5 Å². The summed E-state index contributed by atoms with van der Waals surface area (Å²) in [5.74, 6) is -0.313. The zero-order valence-corrected chi connectivity index (χ0v) is 13.6. The van der Waals surface area contributed by atoms with Crippen LogP contribution >= 0.6 is 0 Å². The summed E-state index contributed by atoms with van der Waals surface area (Å²) in [6, 6.07) is 16.6. The number of esters is 1. The highest BCUT2D eigenvalue weighted by Crippen LogP contribution is 2.44. The second kappa shape index (κ2) is 6.12. The maximum Gasteiger partial charge on any atom is 0.318 e. The summed E-state index contributed by atoms with van der Waals surface area (Å²) in [5, 5.41) is 8.30. The lowest BCUT2D eigenvalue weighted by molar-refractivity contribution is -0.159. The van der Waals surface area contributed by atoms with E-state index in [-0.39, 0.29) is 18.3 Å². The number of hydrogen-bond donors (Lipinski definition) is 0. The first-order valence-electron chi connectivity index (χ1n) is 8.26. The number of carbonyl (C=O) groups is 1. The molecular weight excluding hydrogens is 318 g/mol. The molecule has 1 aromatic heterocycles. The lowest BCUT2D eigenvalue weighted by Gasteiger charge is -2.39. The van der Waals surface area contributed by atoms with Crippen LogP contribution in [0.3, 0.4) is 0 Å². The van der Waals surface area contributed by atoms with Crippen LogP contribution in [0.4, 0.5) is 0 Å². The smallest absolute Gasteiger partial charge is 0.318 e. The molecule has 0 amide bonds. The Balaban J connectivity index is 1.56. The minimum Gasteiger partial charge on any atom is -0.441 e. The summed E-state index contributed by atoms with van der Waals surface area (Å²) in [6.45, 7) is -0.232. The van der Waals surface area contributed by atoms with Crippen molar-refractivity contribution in [3.8, 4) is 0 Å². The summed E-state index contributed by atoms with van der Waals surface area (Å²) >= 11 is 0. The fourth-order valence-electron chi connectivity index (χ4n) is 3.26. The molecule has 0 bridgehead atoms. The summed E-state index contributed by atoms with van der Waals surface area (Å²) < 4.78 is 6.52. The molecule has 0 N–H and O–H groups in total. The predicted molar refractivity (Wildman–Crippen MR) is 91.9 cm³/mol. The molecule has 0 spiro atoms. The SMILES string of the molecule is O=C(OCn1nnc2ccccc2c1=O)C1(c2ccccc2)CCC1. The number of benzene rings is 2. The summed E-state index contributed by atoms with van der Waals surface area (Å²) in [6.07, 6.45) is 2.50. The highest BCUT2D eigenvalue weighted by atomic mass is 16.5. The lowest BCUT2D eigenvalue weighted by atomic mass is 9.64. The first kappa shape index (κ1) is 15.5. The van der Waals surface area contributed by atoms with Crippen LogP contribution in [0.5, 0.6) is 0 Å². The average molecular weight is 335 g/mol. The predicted octanol–water partition coefficient (Wildman–Crippen LogP) is 2.41. The Labute approximate surface area is 144 Å². The van der Waals surface area contributed by atoms with E-state index in [1.807, 2.05) is 30.3 Å². The second-order valence-electron chi connectivity index (χ2n) is 6.27. The molecule has 25 heavy (non-hydrogen) atoms. The monoisotopic (exact) mass is 335 g/mol. The minimum absolute atomic E-state index is 0.232. The second-order valence-corrected chi connectivity index (χ2v) is 6.27. The van der Waals surface area contributed by atoms with Crippen molar-refractivity contribution in [2.75, 3.05) is 0 Å². The van der Waals surface area contributed by atoms with Crippen molar-refractivity contribution in [2.24, 2.45) is 0 Å². The molecule has 6 nitrogen and oxygen atoms in total. The van der Waals surface area contributed by atoms with Gasteiger partial charge in [-0.3, -0.25) is 9.59 Å². The largest absolute Gasteiger partial charge is 0.441 e. The van der Waals surface area contributed by atoms with Crippen molar-refractivity contribution in [3.05, 3.63) is 70.5 Å². The van der Waals surface area contributed by atoms with Crippen LogP contribution in [-0.4, -0.2) is 21.0 Å². The molecule has 1 heterocycles. The van der Waals surface area contributed by atoms with Gasteiger partial charge in [0.25, 0.3) is 5.56 Å². The third-order valence-electron chi connectivity index (χ3n) is 4.87. The van der Waals surface area contributed by atoms with Gasteiger partial charge in [-0.05, 0) is 30.5 Å². The Morgan fingerprint density at radius 2 is 1.80 bits per heavy atom. The van der Waals surface area contributed by atoms with E-state index < -0.39 is 5.41 Å². The van der Waals surface area contributed by atoms with Gasteiger partial charge >= 0.3 is 5.97 Å². The number of carbonyl (C=O) groups excluding carboxylic acids is 1. The Morgan fingerprint density at radius 3 is 2.52 bits per heavy atom. The fourth-order valence-corrected chi connectivity index (χ4v) is 3.26. The van der Waals surface area contributed by atoms with Crippen LogP contribution in [-0.2, 0) is 21.7 Å². The average Bonchev–Trinajstić information content (AvgIpc) is 2.61. The van der Waals surface area contributed by atoms with E-state index in [1.165, 1.54) is 0 Å². The van der Waals surface area contributed by atoms with Crippen LogP contribution in [0.2, 0.25) is 0 Å². The van der Waals surface area contributed by atoms with E-state index in [0.29, 0.717) is 10.9 Å². The number of fused-ring (bicyclic) bond motifs is 1. The highest BCUT2D eigenvalue weighted by Gasteiger charge is 2.47. The molecule has 0 unspecified atom stereocenters. The number of ether oxygens (including phenoxy) is 1. The van der Waals surface area contributed by atoms with E-state index in [1.54, 1.807) is 24.3 Å². The quantitative estimate of drug-likeness (QED) is 0.685. The van der Waals surface area contributed by atoms with E-state index in [9.17, 15) is 9.59 Å². The van der Waals surface area contributed by atoms with Gasteiger partial charge in [0.2, 0.25) is 0 Å². The lowest BCUT2D eigenvalue weighted by Crippen LogP contribution is -2.44. The molecule has 6 heteroatoms. The molecule has 1 aliphatic carbocycles. The Morgan fingerprint density at radius 1 is 1.08 bits per heavy atom. The van der Waals surface area contributed by atoms with Crippen molar-refractivity contribution in [1.29, 1.82) is 0 Å². The van der Waals surface area contributed by atoms with E-state index in [2.05, 4.69) is 10.3 Å². The zero-order valence-electron chi connectivity index (χ0n) is 13.6. The molecule has 4 rings (SSSR count). The molecule has 0 saturated heterocycles. The third-order valence-corrected chi connectivity index (χ3v) is 4.87. The molecule has 0 atom stereocenters. The Kier molecular flexibility index (Phi) is 3.80. The topological polar surface area (TPSA) is 74.1 Å². The number of aromatic nitrogens is 3. The summed E-state index contributed by atoms with van der Waals surface area (Å²) in [5.41, 5.74) is 0.564. The molecular formula is C19H17N3O3. The van der Waals surface area contributed by atoms with Crippen LogP contribution in [0.1, 0.15) is 24.8 Å². The molecule has 3 aromatic rings. The number of nitrogens with zero attached hydrogens (tertiary/aromatic N) is 3. The molecule has 0 aliphatic heterocycles. The van der Waals surface area contributed by atoms with Crippen LogP contribution in [0.15, 0.2) is 59.4 Å². The first-order chi connectivity index (χ1) is 12.2. The van der Waals surface area contributed by atoms with E-state index in [4.69, 9.17) is 4.74 Å². The van der Waals surface area contributed by atoms with E-state index >= 15 is 0 Å². The van der Waals surface area contributed by atoms with Crippen molar-refractivity contribution in [2.45, 2.75) is 31.4 Å². The van der Waals surface area contributed by atoms with Crippen molar-refractivity contribution < 1.29 is 9.53 Å². The maximum atomic E-state index is 12.7. The van der Waals surface area contributed by atoms with Crippen LogP contribution in [0.25, 0.3) is 10.9 Å². The first-order valence-corrected chi connectivity index (χ1v) is 8.26. The normalized spacial score (nSPS) is 15.5. The highest BCUT2D eigenvalue weighted by molar-refractivity contribution is 5.84. The van der Waals surface area contributed by atoms with Gasteiger partial charge < -0.3 is 4.74 Å². The van der Waals surface area contributed by atoms with Gasteiger partial charge in [-0.25, -0.2) is 0 Å². The molecule has 1 aliphatic rings. The van der Waals surface area contributed by atoms with Gasteiger partial charge in [0.1, 0.15) is 5.52 Å². The third kappa shape index (κ3) is 2.59. The maximum absolute atomic E-state index is 12.7. The van der Waals surface area contributed by atoms with Gasteiger partial charge in [-0.2, -0.15) is 4.68 Å². The number of hydrogen-bond acceptors (Lipinski definition) is 5. The standard InChI is InChI=1S/C19H17N3O3/c23-17-15-9-4-5-10-16(15)20-21-22(17)13-25-18(24)19(11-6-12-19)14-7-2-1-3-8-14/h1-5,7-10H,6,11-13H2. The molecule has 0 radical (unpaired) electrons. The molecule has 1 fully saturated rings. The van der Waals surface area contributed by atoms with Gasteiger partial charge in [-0.15, -0.1) is 5.10 Å². The van der Waals surface area contributed by atoms with Gasteiger partial charge in [0.05, 0.1) is 10.8 Å². The fraction of sp³-hybridized carbons (Fsp3) is 0.263. The van der Waals surface area contributed by atoms with Crippen molar-refractivity contribution >= 4 is 16.9 Å². The van der Waals surface area contributed by atoms with Gasteiger partial charge in [0, 0.05) is 0 Å². The minimum atomic E-state index is -0.602. The summed E-state index contributed by atoms with van der Waals surface area (Å²) in [7, 11) is 0. The summed E-state index contributed by atoms with van der Waals surface area (Å²) in [4.78, 5) is 25.1. The zero-order chi connectivity index (χ0) is 17.3. The van der Waals surface area contributed by atoms with Crippen LogP contribution in [0, 0.1) is 0 Å². The molecule has 2 aromatic carbocycles. The molecule has 1 saturated carbocycles. The van der Waals surface area contributed by atoms with Crippen LogP contribution < -0.4 is 5.56 Å². The Bertz CT molecular complexity index is 978. The van der Waals surface area contributed by atoms with Gasteiger partial charge in [0.15, 0.2) is 6.73 Å². The Hall–Kier alpha value is -3.02. The van der Waals surface area contributed by atoms with Crippen molar-refractivity contribution in [1.82, 2.24) is 15.0 Å².